The van der Waals surface area contributed by atoms with Gasteiger partial charge in [0.05, 0.1) is 6.61 Å². The Labute approximate surface area is 271 Å². The summed E-state index contributed by atoms with van der Waals surface area (Å²) in [5.41, 5.74) is 0. The number of aliphatic hydroxyl groups is 1. The van der Waals surface area contributed by atoms with Crippen LogP contribution in [0.4, 0.5) is 0 Å². The molecule has 0 radical (unpaired) electrons. The molecule has 44 heavy (non-hydrogen) atoms. The number of hydrogen-bond donors (Lipinski definition) is 1. The summed E-state index contributed by atoms with van der Waals surface area (Å²) in [4.78, 5) is 24.2. The monoisotopic (exact) mass is 617 g/mol. The van der Waals surface area contributed by atoms with Crippen LogP contribution >= 0.6 is 0 Å². The molecule has 0 fully saturated rings. The second-order valence-corrected chi connectivity index (χ2v) is 11.9. The summed E-state index contributed by atoms with van der Waals surface area (Å²) in [7, 11) is 0. The van der Waals surface area contributed by atoms with Gasteiger partial charge in [-0.1, -0.05) is 127 Å². The summed E-state index contributed by atoms with van der Waals surface area (Å²) in [6.45, 7) is 4.04. The number of ether oxygens (including phenoxy) is 2. The van der Waals surface area contributed by atoms with Crippen molar-refractivity contribution in [3.8, 4) is 0 Å². The van der Waals surface area contributed by atoms with Crippen LogP contribution in [0.25, 0.3) is 0 Å². The fourth-order valence-electron chi connectivity index (χ4n) is 4.79. The molecule has 0 aliphatic heterocycles. The van der Waals surface area contributed by atoms with E-state index in [4.69, 9.17) is 9.47 Å². The van der Waals surface area contributed by atoms with Gasteiger partial charge in [0.1, 0.15) is 6.61 Å². The van der Waals surface area contributed by atoms with Crippen molar-refractivity contribution in [2.24, 2.45) is 0 Å². The van der Waals surface area contributed by atoms with E-state index >= 15 is 0 Å². The lowest BCUT2D eigenvalue weighted by Crippen LogP contribution is -2.28. The minimum absolute atomic E-state index is 0.0842. The van der Waals surface area contributed by atoms with Crippen LogP contribution in [0.5, 0.6) is 0 Å². The Morgan fingerprint density at radius 3 is 1.48 bits per heavy atom. The molecule has 1 atom stereocenters. The molecule has 0 saturated heterocycles. The first-order valence-electron chi connectivity index (χ1n) is 18.2. The highest BCUT2D eigenvalue weighted by molar-refractivity contribution is 5.70. The first-order chi connectivity index (χ1) is 21.6. The maximum atomic E-state index is 12.1. The van der Waals surface area contributed by atoms with Gasteiger partial charge in [-0.05, 0) is 77.0 Å². The second-order valence-electron chi connectivity index (χ2n) is 11.9. The molecule has 5 heteroatoms. The molecule has 0 spiro atoms. The van der Waals surface area contributed by atoms with E-state index in [0.717, 1.165) is 51.4 Å². The minimum Gasteiger partial charge on any atom is -0.462 e. The number of rotatable bonds is 32. The van der Waals surface area contributed by atoms with Gasteiger partial charge >= 0.3 is 11.9 Å². The van der Waals surface area contributed by atoms with Gasteiger partial charge in [-0.2, -0.15) is 0 Å². The van der Waals surface area contributed by atoms with Crippen LogP contribution in [0.1, 0.15) is 168 Å². The third-order valence-corrected chi connectivity index (χ3v) is 7.60. The maximum Gasteiger partial charge on any atom is 0.306 e. The number of carbonyl (C=O) groups excluding carboxylic acids is 2. The van der Waals surface area contributed by atoms with E-state index < -0.39 is 6.10 Å². The summed E-state index contributed by atoms with van der Waals surface area (Å²) in [5.74, 6) is -0.644. The number of unbranched alkanes of at least 4 members (excludes halogenated alkanes) is 16. The van der Waals surface area contributed by atoms with Crippen LogP contribution in [-0.2, 0) is 19.1 Å². The SMILES string of the molecule is CCCCCC=CCC=CCC=CCCCCC(=O)OC(CO)COC(=O)CCCCCCCCCC=CCCCCCC. The van der Waals surface area contributed by atoms with Crippen LogP contribution in [0.3, 0.4) is 0 Å². The van der Waals surface area contributed by atoms with E-state index in [-0.39, 0.29) is 25.2 Å². The van der Waals surface area contributed by atoms with Gasteiger partial charge in [0.25, 0.3) is 0 Å². The smallest absolute Gasteiger partial charge is 0.306 e. The molecule has 0 saturated carbocycles. The van der Waals surface area contributed by atoms with Crippen LogP contribution in [0, 0.1) is 0 Å². The number of esters is 2. The van der Waals surface area contributed by atoms with Crippen molar-refractivity contribution in [2.45, 2.75) is 174 Å². The molecule has 1 N–H and O–H groups in total. The van der Waals surface area contributed by atoms with E-state index in [1.807, 2.05) is 0 Å². The summed E-state index contributed by atoms with van der Waals surface area (Å²) >= 11 is 0. The third kappa shape index (κ3) is 32.8. The van der Waals surface area contributed by atoms with Crippen molar-refractivity contribution in [1.82, 2.24) is 0 Å². The van der Waals surface area contributed by atoms with Gasteiger partial charge in [-0.3, -0.25) is 9.59 Å². The molecular weight excluding hydrogens is 548 g/mol. The minimum atomic E-state index is -0.791. The zero-order chi connectivity index (χ0) is 32.2. The normalized spacial score (nSPS) is 12.7. The van der Waals surface area contributed by atoms with Crippen LogP contribution in [0.2, 0.25) is 0 Å². The third-order valence-electron chi connectivity index (χ3n) is 7.60. The van der Waals surface area contributed by atoms with Gasteiger partial charge in [0.15, 0.2) is 6.10 Å². The zero-order valence-electron chi connectivity index (χ0n) is 28.7. The van der Waals surface area contributed by atoms with Crippen molar-refractivity contribution in [3.05, 3.63) is 48.6 Å². The number of carbonyl (C=O) groups is 2. The Hall–Kier alpha value is -2.14. The molecular formula is C39H68O5. The van der Waals surface area contributed by atoms with Gasteiger partial charge in [0.2, 0.25) is 0 Å². The fourth-order valence-corrected chi connectivity index (χ4v) is 4.79. The van der Waals surface area contributed by atoms with Crippen molar-refractivity contribution >= 4 is 11.9 Å². The molecule has 0 amide bonds. The molecule has 0 aromatic carbocycles. The van der Waals surface area contributed by atoms with Crippen LogP contribution in [0.15, 0.2) is 48.6 Å². The average Bonchev–Trinajstić information content (AvgIpc) is 3.02. The molecule has 5 nitrogen and oxygen atoms in total. The van der Waals surface area contributed by atoms with Gasteiger partial charge < -0.3 is 14.6 Å². The lowest BCUT2D eigenvalue weighted by atomic mass is 10.1. The highest BCUT2D eigenvalue weighted by atomic mass is 16.6. The summed E-state index contributed by atoms with van der Waals surface area (Å²) in [6, 6.07) is 0. The number of hydrogen-bond acceptors (Lipinski definition) is 5. The molecule has 0 aromatic rings. The predicted molar refractivity (Wildman–Crippen MR) is 187 cm³/mol. The molecule has 0 rings (SSSR count). The van der Waals surface area contributed by atoms with Gasteiger partial charge in [0, 0.05) is 12.8 Å². The van der Waals surface area contributed by atoms with Crippen molar-refractivity contribution in [3.63, 3.8) is 0 Å². The maximum absolute atomic E-state index is 12.1. The van der Waals surface area contributed by atoms with E-state index in [1.54, 1.807) is 0 Å². The highest BCUT2D eigenvalue weighted by Crippen LogP contribution is 2.12. The first kappa shape index (κ1) is 41.9. The lowest BCUT2D eigenvalue weighted by molar-refractivity contribution is -0.161. The van der Waals surface area contributed by atoms with E-state index in [0.29, 0.717) is 12.8 Å². The summed E-state index contributed by atoms with van der Waals surface area (Å²) in [6.07, 6.45) is 43.0. The van der Waals surface area contributed by atoms with Crippen molar-refractivity contribution in [2.75, 3.05) is 13.2 Å². The van der Waals surface area contributed by atoms with Crippen LogP contribution < -0.4 is 0 Å². The Kier molecular flexibility index (Phi) is 33.6. The Morgan fingerprint density at radius 1 is 0.523 bits per heavy atom. The van der Waals surface area contributed by atoms with Crippen molar-refractivity contribution < 1.29 is 24.2 Å². The van der Waals surface area contributed by atoms with Crippen LogP contribution in [-0.4, -0.2) is 36.4 Å². The predicted octanol–water partition coefficient (Wildman–Crippen LogP) is 11.1. The standard InChI is InChI=1S/C39H68O5/c1-3-5-7-9-11-13-15-17-19-21-23-25-27-29-31-33-38(41)43-36-37(35-40)44-39(42)34-32-30-28-26-24-22-20-18-16-14-12-10-8-6-4-2/h12-15,18,20,24,26,37,40H,3-11,16-17,19,21-23,25,27-36H2,1-2H3. The molecule has 0 heterocycles. The quantitative estimate of drug-likeness (QED) is 0.0462. The molecule has 0 aliphatic carbocycles. The molecule has 0 aliphatic rings. The Morgan fingerprint density at radius 2 is 0.909 bits per heavy atom. The number of aliphatic hydroxyl groups excluding tert-OH is 1. The summed E-state index contributed by atoms with van der Waals surface area (Å²) < 4.78 is 10.5. The topological polar surface area (TPSA) is 72.8 Å². The zero-order valence-corrected chi connectivity index (χ0v) is 28.7. The van der Waals surface area contributed by atoms with Crippen molar-refractivity contribution in [1.29, 1.82) is 0 Å². The lowest BCUT2D eigenvalue weighted by Gasteiger charge is -2.15. The Balaban J connectivity index is 3.66. The molecule has 1 unspecified atom stereocenters. The summed E-state index contributed by atoms with van der Waals surface area (Å²) in [5, 5.41) is 9.52. The van der Waals surface area contributed by atoms with Gasteiger partial charge in [-0.25, -0.2) is 0 Å². The average molecular weight is 617 g/mol. The van der Waals surface area contributed by atoms with E-state index in [2.05, 4.69) is 62.5 Å². The molecule has 0 aromatic heterocycles. The molecule has 254 valence electrons. The number of allylic oxidation sites excluding steroid dienone is 8. The second kappa shape index (κ2) is 35.3. The van der Waals surface area contributed by atoms with E-state index in [9.17, 15) is 14.7 Å². The molecule has 0 bridgehead atoms. The first-order valence-corrected chi connectivity index (χ1v) is 18.2. The van der Waals surface area contributed by atoms with Gasteiger partial charge in [-0.15, -0.1) is 0 Å². The van der Waals surface area contributed by atoms with E-state index in [1.165, 1.54) is 89.9 Å². The fraction of sp³-hybridized carbons (Fsp3) is 0.744. The Bertz CT molecular complexity index is 752. The largest absolute Gasteiger partial charge is 0.462 e. The highest BCUT2D eigenvalue weighted by Gasteiger charge is 2.16.